The molecule has 2 N–H and O–H groups in total. The molecule has 2 aromatic carbocycles. The molecule has 0 radical (unpaired) electrons. The summed E-state index contributed by atoms with van der Waals surface area (Å²) in [6.45, 7) is 2.43. The molecule has 3 aliphatic rings. The molecule has 33 heavy (non-hydrogen) atoms. The zero-order valence-corrected chi connectivity index (χ0v) is 18.6. The standard InChI is InChI=1S/C26H28N2O5/c1-16(23(29)28-13-17-7-6-12-26(17,15-28)24(30)31)27-25(32)33-14-22-20-10-4-2-8-18(20)19-9-3-5-11-21(19)22/h2-5,8-11,16-17,22H,6-7,12-15H2,1H3,(H,27,32)(H,30,31)/t16-,17?,26?/m1/s1. The van der Waals surface area contributed by atoms with Crippen molar-refractivity contribution < 1.29 is 24.2 Å². The van der Waals surface area contributed by atoms with Crippen LogP contribution < -0.4 is 5.32 Å². The molecule has 2 aliphatic carbocycles. The zero-order valence-electron chi connectivity index (χ0n) is 18.6. The van der Waals surface area contributed by atoms with Gasteiger partial charge in [-0.05, 0) is 47.9 Å². The number of rotatable bonds is 5. The SMILES string of the molecule is C[C@@H](NC(=O)OCC1c2ccccc2-c2ccccc21)C(=O)N1CC2CCCC2(C(=O)O)C1. The van der Waals surface area contributed by atoms with Crippen LogP contribution in [0.3, 0.4) is 0 Å². The fourth-order valence-corrected chi connectivity index (χ4v) is 5.96. The Morgan fingerprint density at radius 2 is 1.76 bits per heavy atom. The Bertz CT molecular complexity index is 1070. The lowest BCUT2D eigenvalue weighted by atomic mass is 9.81. The lowest BCUT2D eigenvalue weighted by molar-refractivity contribution is -0.149. The Labute approximate surface area is 192 Å². The highest BCUT2D eigenvalue weighted by Crippen LogP contribution is 2.49. The predicted molar refractivity (Wildman–Crippen MR) is 122 cm³/mol. The zero-order chi connectivity index (χ0) is 23.2. The van der Waals surface area contributed by atoms with E-state index in [2.05, 4.69) is 29.6 Å². The first-order valence-corrected chi connectivity index (χ1v) is 11.5. The molecule has 0 aromatic heterocycles. The minimum Gasteiger partial charge on any atom is -0.481 e. The van der Waals surface area contributed by atoms with Crippen LogP contribution in [0.25, 0.3) is 11.1 Å². The van der Waals surface area contributed by atoms with Gasteiger partial charge in [0.15, 0.2) is 0 Å². The molecule has 2 aromatic rings. The van der Waals surface area contributed by atoms with Crippen molar-refractivity contribution >= 4 is 18.0 Å². The van der Waals surface area contributed by atoms with Crippen LogP contribution in [-0.2, 0) is 14.3 Å². The van der Waals surface area contributed by atoms with Crippen molar-refractivity contribution in [2.45, 2.75) is 38.1 Å². The summed E-state index contributed by atoms with van der Waals surface area (Å²) < 4.78 is 5.54. The summed E-state index contributed by atoms with van der Waals surface area (Å²) in [5.41, 5.74) is 3.71. The average molecular weight is 449 g/mol. The van der Waals surface area contributed by atoms with Gasteiger partial charge in [0.2, 0.25) is 5.91 Å². The van der Waals surface area contributed by atoms with Gasteiger partial charge in [-0.3, -0.25) is 9.59 Å². The first-order chi connectivity index (χ1) is 15.9. The summed E-state index contributed by atoms with van der Waals surface area (Å²) in [6.07, 6.45) is 1.66. The number of carboxylic acids is 1. The highest BCUT2D eigenvalue weighted by atomic mass is 16.5. The topological polar surface area (TPSA) is 95.9 Å². The lowest BCUT2D eigenvalue weighted by Crippen LogP contribution is -2.47. The lowest BCUT2D eigenvalue weighted by Gasteiger charge is -2.25. The van der Waals surface area contributed by atoms with E-state index in [-0.39, 0.29) is 30.9 Å². The highest BCUT2D eigenvalue weighted by molar-refractivity contribution is 5.87. The molecule has 5 rings (SSSR count). The van der Waals surface area contributed by atoms with E-state index in [0.29, 0.717) is 13.0 Å². The van der Waals surface area contributed by atoms with Crippen molar-refractivity contribution in [3.8, 4) is 11.1 Å². The van der Waals surface area contributed by atoms with Crippen molar-refractivity contribution in [1.82, 2.24) is 10.2 Å². The Hall–Kier alpha value is -3.35. The van der Waals surface area contributed by atoms with Gasteiger partial charge in [-0.25, -0.2) is 4.79 Å². The van der Waals surface area contributed by atoms with E-state index in [1.54, 1.807) is 11.8 Å². The number of carbonyl (C=O) groups is 3. The fraction of sp³-hybridized carbons (Fsp3) is 0.423. The Kier molecular flexibility index (Phi) is 5.35. The van der Waals surface area contributed by atoms with Crippen LogP contribution >= 0.6 is 0 Å². The normalized spacial score (nSPS) is 24.0. The quantitative estimate of drug-likeness (QED) is 0.728. The summed E-state index contributed by atoms with van der Waals surface area (Å²) in [4.78, 5) is 38.9. The molecule has 1 heterocycles. The van der Waals surface area contributed by atoms with E-state index in [9.17, 15) is 19.5 Å². The van der Waals surface area contributed by atoms with Gasteiger partial charge in [0.25, 0.3) is 0 Å². The number of amides is 2. The maximum Gasteiger partial charge on any atom is 0.407 e. The molecule has 1 saturated carbocycles. The van der Waals surface area contributed by atoms with Crippen molar-refractivity contribution in [2.24, 2.45) is 11.3 Å². The monoisotopic (exact) mass is 448 g/mol. The summed E-state index contributed by atoms with van der Waals surface area (Å²) in [5.74, 6) is -1.15. The Morgan fingerprint density at radius 1 is 1.12 bits per heavy atom. The van der Waals surface area contributed by atoms with Crippen LogP contribution in [0.4, 0.5) is 4.79 Å². The summed E-state index contributed by atoms with van der Waals surface area (Å²) in [6, 6.07) is 15.4. The van der Waals surface area contributed by atoms with Gasteiger partial charge < -0.3 is 20.1 Å². The van der Waals surface area contributed by atoms with E-state index < -0.39 is 23.5 Å². The summed E-state index contributed by atoms with van der Waals surface area (Å²) >= 11 is 0. The van der Waals surface area contributed by atoms with Crippen molar-refractivity contribution in [1.29, 1.82) is 0 Å². The summed E-state index contributed by atoms with van der Waals surface area (Å²) in [7, 11) is 0. The maximum absolute atomic E-state index is 12.9. The number of hydrogen-bond acceptors (Lipinski definition) is 4. The van der Waals surface area contributed by atoms with Gasteiger partial charge in [0.05, 0.1) is 5.41 Å². The molecule has 3 atom stereocenters. The number of carboxylic acid groups (broad SMARTS) is 1. The van der Waals surface area contributed by atoms with Gasteiger partial charge in [0.1, 0.15) is 12.6 Å². The Morgan fingerprint density at radius 3 is 2.36 bits per heavy atom. The number of benzene rings is 2. The van der Waals surface area contributed by atoms with E-state index in [1.165, 1.54) is 0 Å². The van der Waals surface area contributed by atoms with Crippen LogP contribution in [0.2, 0.25) is 0 Å². The van der Waals surface area contributed by atoms with Crippen LogP contribution in [0, 0.1) is 11.3 Å². The van der Waals surface area contributed by atoms with Crippen molar-refractivity contribution in [3.05, 3.63) is 59.7 Å². The molecule has 0 spiro atoms. The van der Waals surface area contributed by atoms with E-state index in [0.717, 1.165) is 35.1 Å². The van der Waals surface area contributed by atoms with Gasteiger partial charge in [-0.1, -0.05) is 55.0 Å². The third-order valence-corrected chi connectivity index (χ3v) is 7.66. The van der Waals surface area contributed by atoms with Crippen LogP contribution in [0.5, 0.6) is 0 Å². The van der Waals surface area contributed by atoms with E-state index >= 15 is 0 Å². The van der Waals surface area contributed by atoms with Gasteiger partial charge >= 0.3 is 12.1 Å². The first-order valence-electron chi connectivity index (χ1n) is 11.5. The highest BCUT2D eigenvalue weighted by Gasteiger charge is 2.56. The molecule has 2 unspecified atom stereocenters. The molecular weight excluding hydrogens is 420 g/mol. The van der Waals surface area contributed by atoms with Gasteiger partial charge in [-0.2, -0.15) is 0 Å². The number of ether oxygens (including phenoxy) is 1. The number of carbonyl (C=O) groups excluding carboxylic acids is 2. The van der Waals surface area contributed by atoms with E-state index in [1.807, 2.05) is 24.3 Å². The molecule has 1 aliphatic heterocycles. The second-order valence-corrected chi connectivity index (χ2v) is 9.46. The Balaban J connectivity index is 1.20. The first kappa shape index (κ1) is 21.5. The van der Waals surface area contributed by atoms with Crippen LogP contribution in [-0.4, -0.2) is 53.7 Å². The number of alkyl carbamates (subject to hydrolysis) is 1. The minimum atomic E-state index is -0.834. The second-order valence-electron chi connectivity index (χ2n) is 9.46. The number of nitrogens with one attached hydrogen (secondary N) is 1. The van der Waals surface area contributed by atoms with Crippen LogP contribution in [0.1, 0.15) is 43.2 Å². The van der Waals surface area contributed by atoms with Crippen molar-refractivity contribution in [2.75, 3.05) is 19.7 Å². The number of hydrogen-bond donors (Lipinski definition) is 2. The van der Waals surface area contributed by atoms with Crippen molar-refractivity contribution in [3.63, 3.8) is 0 Å². The van der Waals surface area contributed by atoms with Crippen LogP contribution in [0.15, 0.2) is 48.5 Å². The average Bonchev–Trinajstić information content (AvgIpc) is 3.47. The van der Waals surface area contributed by atoms with Gasteiger partial charge in [-0.15, -0.1) is 0 Å². The largest absolute Gasteiger partial charge is 0.481 e. The maximum atomic E-state index is 12.9. The summed E-state index contributed by atoms with van der Waals surface area (Å²) in [5, 5.41) is 12.4. The molecule has 0 bridgehead atoms. The molecule has 2 amide bonds. The molecule has 172 valence electrons. The molecular formula is C26H28N2O5. The molecule has 1 saturated heterocycles. The van der Waals surface area contributed by atoms with E-state index in [4.69, 9.17) is 4.74 Å². The third kappa shape index (κ3) is 3.56. The molecule has 7 heteroatoms. The molecule has 7 nitrogen and oxygen atoms in total. The number of fused-ring (bicyclic) bond motifs is 4. The minimum absolute atomic E-state index is 0.0133. The predicted octanol–water partition coefficient (Wildman–Crippen LogP) is 3.63. The smallest absolute Gasteiger partial charge is 0.407 e. The molecule has 2 fully saturated rings. The number of aliphatic carboxylic acids is 1. The third-order valence-electron chi connectivity index (χ3n) is 7.66. The second kappa shape index (κ2) is 8.21. The number of likely N-dealkylation sites (tertiary alicyclic amines) is 1. The number of nitrogens with zero attached hydrogens (tertiary/aromatic N) is 1. The van der Waals surface area contributed by atoms with Gasteiger partial charge in [0, 0.05) is 19.0 Å². The fourth-order valence-electron chi connectivity index (χ4n) is 5.96.